The lowest BCUT2D eigenvalue weighted by molar-refractivity contribution is -0.138. The first kappa shape index (κ1) is 24.0. The van der Waals surface area contributed by atoms with Crippen molar-refractivity contribution in [1.29, 1.82) is 0 Å². The third-order valence-corrected chi connectivity index (χ3v) is 5.58. The van der Waals surface area contributed by atoms with Crippen LogP contribution in [0.2, 0.25) is 0 Å². The van der Waals surface area contributed by atoms with Crippen molar-refractivity contribution in [3.05, 3.63) is 105 Å². The lowest BCUT2D eigenvalue weighted by atomic mass is 10.1. The standard InChI is InChI=1S/C26H23F3N4O2/c1-15-5-4-6-18(11-15)23-10-9-21(25(35)31-23)24(34)30-14-19-7-8-20(13-22(19)26(27,28)29)33-17(3)12-16(2)32-33/h4-13H,14H2,1-3H3,(H,30,34)(H,31,35). The van der Waals surface area contributed by atoms with E-state index in [-0.39, 0.29) is 16.8 Å². The van der Waals surface area contributed by atoms with E-state index in [0.717, 1.165) is 17.2 Å². The van der Waals surface area contributed by atoms with Crippen LogP contribution in [0.15, 0.2) is 65.5 Å². The number of alkyl halides is 3. The molecular weight excluding hydrogens is 457 g/mol. The molecule has 0 spiro atoms. The van der Waals surface area contributed by atoms with Crippen LogP contribution in [0.1, 0.15) is 38.4 Å². The number of benzene rings is 2. The molecule has 0 aliphatic heterocycles. The fourth-order valence-corrected chi connectivity index (χ4v) is 3.91. The summed E-state index contributed by atoms with van der Waals surface area (Å²) in [5.74, 6) is -0.766. The van der Waals surface area contributed by atoms with Gasteiger partial charge in [0.15, 0.2) is 0 Å². The molecule has 0 aliphatic carbocycles. The first-order chi connectivity index (χ1) is 16.5. The summed E-state index contributed by atoms with van der Waals surface area (Å²) in [7, 11) is 0. The fourth-order valence-electron chi connectivity index (χ4n) is 3.91. The summed E-state index contributed by atoms with van der Waals surface area (Å²) in [5.41, 5.74) is 2.16. The summed E-state index contributed by atoms with van der Waals surface area (Å²) >= 11 is 0. The van der Waals surface area contributed by atoms with Gasteiger partial charge in [0.2, 0.25) is 0 Å². The van der Waals surface area contributed by atoms with Crippen molar-refractivity contribution in [2.75, 3.05) is 0 Å². The normalized spacial score (nSPS) is 11.5. The van der Waals surface area contributed by atoms with Crippen LogP contribution in [-0.4, -0.2) is 20.7 Å². The van der Waals surface area contributed by atoms with Crippen LogP contribution in [0, 0.1) is 20.8 Å². The van der Waals surface area contributed by atoms with Crippen LogP contribution in [0.25, 0.3) is 16.9 Å². The Balaban J connectivity index is 1.56. The van der Waals surface area contributed by atoms with Gasteiger partial charge < -0.3 is 10.3 Å². The summed E-state index contributed by atoms with van der Waals surface area (Å²) < 4.78 is 42.8. The number of H-pyrrole nitrogens is 1. The largest absolute Gasteiger partial charge is 0.416 e. The molecule has 180 valence electrons. The Kier molecular flexibility index (Phi) is 6.34. The number of carbonyl (C=O) groups excluding carboxylic acids is 1. The van der Waals surface area contributed by atoms with Gasteiger partial charge in [0.25, 0.3) is 11.5 Å². The topological polar surface area (TPSA) is 79.8 Å². The Morgan fingerprint density at radius 2 is 1.80 bits per heavy atom. The maximum Gasteiger partial charge on any atom is 0.416 e. The van der Waals surface area contributed by atoms with Gasteiger partial charge in [-0.25, -0.2) is 4.68 Å². The average molecular weight is 480 g/mol. The van der Waals surface area contributed by atoms with Gasteiger partial charge in [-0.3, -0.25) is 9.59 Å². The van der Waals surface area contributed by atoms with Crippen LogP contribution in [0.4, 0.5) is 13.2 Å². The first-order valence-corrected chi connectivity index (χ1v) is 10.9. The minimum Gasteiger partial charge on any atom is -0.348 e. The van der Waals surface area contributed by atoms with Gasteiger partial charge in [-0.1, -0.05) is 29.8 Å². The van der Waals surface area contributed by atoms with Crippen molar-refractivity contribution in [1.82, 2.24) is 20.1 Å². The van der Waals surface area contributed by atoms with Crippen molar-refractivity contribution >= 4 is 5.91 Å². The predicted molar refractivity (Wildman–Crippen MR) is 126 cm³/mol. The van der Waals surface area contributed by atoms with E-state index in [4.69, 9.17) is 0 Å². The maximum atomic E-state index is 13.8. The molecule has 0 saturated carbocycles. The Hall–Kier alpha value is -4.14. The van der Waals surface area contributed by atoms with Gasteiger partial charge in [0, 0.05) is 17.9 Å². The van der Waals surface area contributed by atoms with Gasteiger partial charge in [0.1, 0.15) is 5.56 Å². The van der Waals surface area contributed by atoms with Crippen LogP contribution in [0.3, 0.4) is 0 Å². The Labute approximate surface area is 199 Å². The average Bonchev–Trinajstić information content (AvgIpc) is 3.14. The SMILES string of the molecule is Cc1cccc(-c2ccc(C(=O)NCc3ccc(-n4nc(C)cc4C)cc3C(F)(F)F)c(=O)[nH]2)c1. The Morgan fingerprint density at radius 3 is 2.43 bits per heavy atom. The van der Waals surface area contributed by atoms with Crippen molar-refractivity contribution < 1.29 is 18.0 Å². The summed E-state index contributed by atoms with van der Waals surface area (Å²) in [4.78, 5) is 27.8. The molecule has 0 fully saturated rings. The summed E-state index contributed by atoms with van der Waals surface area (Å²) in [6.07, 6.45) is -4.64. The summed E-state index contributed by atoms with van der Waals surface area (Å²) in [6.45, 7) is 5.03. The van der Waals surface area contributed by atoms with E-state index in [1.165, 1.54) is 22.9 Å². The monoisotopic (exact) mass is 480 g/mol. The van der Waals surface area contributed by atoms with Gasteiger partial charge >= 0.3 is 6.18 Å². The second kappa shape index (κ2) is 9.25. The van der Waals surface area contributed by atoms with Crippen molar-refractivity contribution in [3.8, 4) is 16.9 Å². The van der Waals surface area contributed by atoms with E-state index in [1.54, 1.807) is 26.0 Å². The highest BCUT2D eigenvalue weighted by Gasteiger charge is 2.34. The quantitative estimate of drug-likeness (QED) is 0.417. The van der Waals surface area contributed by atoms with Gasteiger partial charge in [-0.05, 0) is 68.3 Å². The van der Waals surface area contributed by atoms with E-state index in [9.17, 15) is 22.8 Å². The molecule has 4 rings (SSSR count). The molecule has 9 heteroatoms. The summed E-state index contributed by atoms with van der Waals surface area (Å²) in [6, 6.07) is 16.0. The Bertz CT molecular complexity index is 1470. The molecule has 0 bridgehead atoms. The lowest BCUT2D eigenvalue weighted by Crippen LogP contribution is -2.30. The lowest BCUT2D eigenvalue weighted by Gasteiger charge is -2.16. The van der Waals surface area contributed by atoms with E-state index in [1.807, 2.05) is 31.2 Å². The molecule has 0 unspecified atom stereocenters. The van der Waals surface area contributed by atoms with E-state index >= 15 is 0 Å². The molecule has 35 heavy (non-hydrogen) atoms. The number of aromatic amines is 1. The highest BCUT2D eigenvalue weighted by atomic mass is 19.4. The van der Waals surface area contributed by atoms with Crippen LogP contribution in [-0.2, 0) is 12.7 Å². The minimum absolute atomic E-state index is 0.121. The zero-order chi connectivity index (χ0) is 25.3. The molecule has 4 aromatic rings. The number of hydrogen-bond donors (Lipinski definition) is 2. The second-order valence-corrected chi connectivity index (χ2v) is 8.35. The molecular formula is C26H23F3N4O2. The number of nitrogens with zero attached hydrogens (tertiary/aromatic N) is 2. The number of aryl methyl sites for hydroxylation is 3. The molecule has 2 aromatic heterocycles. The zero-order valence-electron chi connectivity index (χ0n) is 19.3. The number of rotatable bonds is 5. The number of pyridine rings is 1. The molecule has 2 heterocycles. The van der Waals surface area contributed by atoms with Gasteiger partial charge in [-0.15, -0.1) is 0 Å². The molecule has 0 radical (unpaired) electrons. The number of nitrogens with one attached hydrogen (secondary N) is 2. The molecule has 6 nitrogen and oxygen atoms in total. The third-order valence-electron chi connectivity index (χ3n) is 5.58. The molecule has 1 amide bonds. The molecule has 0 saturated heterocycles. The number of hydrogen-bond acceptors (Lipinski definition) is 3. The zero-order valence-corrected chi connectivity index (χ0v) is 19.3. The van der Waals surface area contributed by atoms with Crippen molar-refractivity contribution in [2.45, 2.75) is 33.5 Å². The van der Waals surface area contributed by atoms with Gasteiger partial charge in [-0.2, -0.15) is 18.3 Å². The molecule has 2 N–H and O–H groups in total. The predicted octanol–water partition coefficient (Wildman–Crippen LogP) is 5.10. The number of aromatic nitrogens is 3. The van der Waals surface area contributed by atoms with Crippen molar-refractivity contribution in [2.24, 2.45) is 0 Å². The van der Waals surface area contributed by atoms with Crippen molar-refractivity contribution in [3.63, 3.8) is 0 Å². The second-order valence-electron chi connectivity index (χ2n) is 8.35. The number of carbonyl (C=O) groups is 1. The van der Waals surface area contributed by atoms with Gasteiger partial charge in [0.05, 0.1) is 16.9 Å². The molecule has 0 aliphatic rings. The highest BCUT2D eigenvalue weighted by Crippen LogP contribution is 2.33. The first-order valence-electron chi connectivity index (χ1n) is 10.9. The maximum absolute atomic E-state index is 13.8. The van der Waals surface area contributed by atoms with Crippen LogP contribution < -0.4 is 10.9 Å². The smallest absolute Gasteiger partial charge is 0.348 e. The van der Waals surface area contributed by atoms with E-state index < -0.39 is 29.8 Å². The van der Waals surface area contributed by atoms with Crippen LogP contribution in [0.5, 0.6) is 0 Å². The number of amides is 1. The summed E-state index contributed by atoms with van der Waals surface area (Å²) in [5, 5.41) is 6.66. The molecule has 2 aromatic carbocycles. The minimum atomic E-state index is -4.64. The van der Waals surface area contributed by atoms with Crippen LogP contribution >= 0.6 is 0 Å². The molecule has 0 atom stereocenters. The highest BCUT2D eigenvalue weighted by molar-refractivity contribution is 5.94. The Morgan fingerprint density at radius 1 is 1.03 bits per heavy atom. The number of halogens is 3. The fraction of sp³-hybridized carbons (Fsp3) is 0.192. The third kappa shape index (κ3) is 5.18. The van der Waals surface area contributed by atoms with E-state index in [2.05, 4.69) is 15.4 Å². The van der Waals surface area contributed by atoms with E-state index in [0.29, 0.717) is 17.1 Å².